The van der Waals surface area contributed by atoms with E-state index in [0.717, 1.165) is 34.8 Å². The zero-order valence-electron chi connectivity index (χ0n) is 77.8. The highest BCUT2D eigenvalue weighted by atomic mass is 32.2. The van der Waals surface area contributed by atoms with Crippen LogP contribution in [0.5, 0.6) is 5.75 Å². The number of benzene rings is 2. The number of Topliss-reactive ketones (excluding diaryl/α,β-unsaturated/α-hetero) is 4. The van der Waals surface area contributed by atoms with Crippen molar-refractivity contribution in [1.82, 2.24) is 14.8 Å². The highest BCUT2D eigenvalue weighted by Gasteiger charge is 2.53. The SMILES string of the molecule is CO[C@H]1C[C@@H]2CC[C@@H](C)[C@@](O)(O2)C(=O)C(=O)N2CCCC[C@H]2C(=O)O[C@H]([C@H](C)C[C@@H]2CC[C@@H](OC(=S)CCCOCCOCCOCCOCCOCCOCCOCCOCCC(=O)CCCS(=O)(=O)c3ccc(C(=O)N4CCOc5ccc(-c6ccc(N)nc6)cc5C4)c(C)c3F)[C@H](OC)C2)CC(=O)[C@H](C)/C=C(\C)[C@@H](O)[C@@H](OC)C(=O)[C@H](C)C[C@H](C)/C=C/C=C/C=C/1C. The van der Waals surface area contributed by atoms with Crippen LogP contribution >= 0.6 is 12.2 Å². The fraction of sp³-hybridized carbons (Fsp3) is 0.660. The Balaban J connectivity index is 0.645. The van der Waals surface area contributed by atoms with E-state index in [-0.39, 0.29) is 137 Å². The van der Waals surface area contributed by atoms with E-state index in [0.29, 0.717) is 172 Å². The number of ether oxygens (including phenoxy) is 15. The fourth-order valence-corrected chi connectivity index (χ4v) is 18.6. The number of aliphatic hydroxyl groups excluding tert-OH is 1. The lowest BCUT2D eigenvalue weighted by Crippen LogP contribution is -2.61. The number of hydrogen-bond donors (Lipinski definition) is 3. The number of hydrogen-bond acceptors (Lipinski definition) is 29. The summed E-state index contributed by atoms with van der Waals surface area (Å²) in [6.07, 6.45) is 13.8. The lowest BCUT2D eigenvalue weighted by molar-refractivity contribution is -0.265. The van der Waals surface area contributed by atoms with Crippen LogP contribution in [0.2, 0.25) is 0 Å². The number of methoxy groups -OCH3 is 3. The first-order valence-electron chi connectivity index (χ1n) is 46.0. The molecule has 0 radical (unpaired) electrons. The molecular weight excluding hydrogens is 1720 g/mol. The normalized spacial score (nSPS) is 26.7. The number of amides is 2. The number of esters is 1. The van der Waals surface area contributed by atoms with Crippen LogP contribution in [0, 0.1) is 48.2 Å². The molecule has 4 aliphatic heterocycles. The summed E-state index contributed by atoms with van der Waals surface area (Å²) >= 11 is 5.72. The number of nitrogen functional groups attached to an aromatic ring is 1. The molecule has 1 aromatic heterocycles. The molecule has 2 amide bonds. The number of anilines is 1. The van der Waals surface area contributed by atoms with Gasteiger partial charge in [0.2, 0.25) is 5.79 Å². The molecule has 8 rings (SSSR count). The van der Waals surface area contributed by atoms with Gasteiger partial charge in [-0.15, -0.1) is 0 Å². The monoisotopic (exact) mass is 1860 g/mol. The van der Waals surface area contributed by atoms with Gasteiger partial charge in [0, 0.05) is 114 Å². The third kappa shape index (κ3) is 33.8. The van der Waals surface area contributed by atoms with E-state index >= 15 is 4.39 Å². The van der Waals surface area contributed by atoms with Crippen LogP contribution in [-0.4, -0.2) is 286 Å². The minimum absolute atomic E-state index is 0.00996. The van der Waals surface area contributed by atoms with Gasteiger partial charge in [0.25, 0.3) is 17.6 Å². The second-order valence-corrected chi connectivity index (χ2v) is 37.2. The molecule has 3 fully saturated rings. The average Bonchev–Trinajstić information content (AvgIpc) is 1.28. The average molecular weight is 1860 g/mol. The smallest absolute Gasteiger partial charge is 0.329 e. The van der Waals surface area contributed by atoms with Crippen LogP contribution in [0.15, 0.2) is 101 Å². The number of nitrogens with zero attached hydrogens (tertiary/aromatic N) is 3. The topological polar surface area (TPSA) is 378 Å². The molecular formula is C97H141FN4O26S2. The number of thiocarbonyl (C=S) groups is 1. The van der Waals surface area contributed by atoms with Gasteiger partial charge in [-0.2, -0.15) is 0 Å². The third-order valence-corrected chi connectivity index (χ3v) is 26.9. The minimum atomic E-state index is -4.13. The van der Waals surface area contributed by atoms with Gasteiger partial charge in [-0.05, 0) is 186 Å². The van der Waals surface area contributed by atoms with Gasteiger partial charge in [0.05, 0.1) is 130 Å². The van der Waals surface area contributed by atoms with Crippen LogP contribution in [0.4, 0.5) is 10.2 Å². The van der Waals surface area contributed by atoms with Gasteiger partial charge in [-0.1, -0.05) is 77.1 Å². The van der Waals surface area contributed by atoms with Gasteiger partial charge in [0.15, 0.2) is 20.7 Å². The van der Waals surface area contributed by atoms with Crippen LogP contribution < -0.4 is 10.5 Å². The number of sulfone groups is 1. The summed E-state index contributed by atoms with van der Waals surface area (Å²) in [6, 6.07) is 10.4. The highest BCUT2D eigenvalue weighted by Crippen LogP contribution is 2.40. The molecule has 1 saturated carbocycles. The minimum Gasteiger partial charge on any atom is -0.491 e. The summed E-state index contributed by atoms with van der Waals surface area (Å²) in [4.78, 5) is 105. The van der Waals surface area contributed by atoms with E-state index in [4.69, 9.17) is 89.0 Å². The van der Waals surface area contributed by atoms with Crippen molar-refractivity contribution in [3.63, 3.8) is 0 Å². The van der Waals surface area contributed by atoms with E-state index in [9.17, 15) is 52.2 Å². The molecule has 1 aliphatic carbocycles. The first kappa shape index (κ1) is 108. The second-order valence-electron chi connectivity index (χ2n) is 34.7. The van der Waals surface area contributed by atoms with Gasteiger partial charge >= 0.3 is 5.97 Å². The maximum atomic E-state index is 15.8. The lowest BCUT2D eigenvalue weighted by atomic mass is 9.78. The molecule has 33 heteroatoms. The number of aromatic nitrogens is 1. The molecule has 5 aliphatic rings. The molecule has 4 N–H and O–H groups in total. The Morgan fingerprint density at radius 3 is 1.98 bits per heavy atom. The highest BCUT2D eigenvalue weighted by molar-refractivity contribution is 7.91. The van der Waals surface area contributed by atoms with Gasteiger partial charge in [0.1, 0.15) is 70.9 Å². The summed E-state index contributed by atoms with van der Waals surface area (Å²) in [5, 5.41) is 24.2. The summed E-state index contributed by atoms with van der Waals surface area (Å²) in [5.41, 5.74) is 9.36. The van der Waals surface area contributed by atoms with E-state index in [1.165, 1.54) is 25.0 Å². The number of cyclic esters (lactones) is 1. The second kappa shape index (κ2) is 56.0. The lowest BCUT2D eigenvalue weighted by Gasteiger charge is -2.42. The third-order valence-electron chi connectivity index (χ3n) is 24.8. The quantitative estimate of drug-likeness (QED) is 0.0156. The Morgan fingerprint density at radius 2 is 1.35 bits per heavy atom. The molecule has 3 aromatic rings. The number of carbonyl (C=O) groups is 7. The van der Waals surface area contributed by atoms with Gasteiger partial charge in [-0.25, -0.2) is 22.6 Å². The first-order valence-corrected chi connectivity index (χ1v) is 48.0. The number of pyridine rings is 1. The molecule has 0 spiro atoms. The van der Waals surface area contributed by atoms with Crippen LogP contribution in [0.25, 0.3) is 11.1 Å². The van der Waals surface area contributed by atoms with Crippen molar-refractivity contribution in [3.8, 4) is 16.9 Å². The zero-order chi connectivity index (χ0) is 94.3. The maximum Gasteiger partial charge on any atom is 0.329 e. The number of carbonyl (C=O) groups excluding carboxylic acids is 7. The molecule has 5 heterocycles. The Morgan fingerprint density at radius 1 is 0.700 bits per heavy atom. The number of halogens is 1. The summed E-state index contributed by atoms with van der Waals surface area (Å²) < 4.78 is 130. The molecule has 0 unspecified atom stereocenters. The summed E-state index contributed by atoms with van der Waals surface area (Å²) in [6.45, 7) is 20.3. The molecule has 30 nitrogen and oxygen atoms in total. The van der Waals surface area contributed by atoms with E-state index in [1.807, 2.05) is 82.3 Å². The first-order chi connectivity index (χ1) is 62.4. The fourth-order valence-electron chi connectivity index (χ4n) is 16.9. The summed E-state index contributed by atoms with van der Waals surface area (Å²) in [5.74, 6) is -9.53. The number of allylic oxidation sites excluding steroid dienone is 6. The number of aliphatic hydroxyl groups is 2. The number of nitrogens with two attached hydrogens (primary N) is 1. The van der Waals surface area contributed by atoms with Crippen molar-refractivity contribution in [2.24, 2.45) is 35.5 Å². The molecule has 724 valence electrons. The maximum absolute atomic E-state index is 15.8. The van der Waals surface area contributed by atoms with Gasteiger partial charge in [-0.3, -0.25) is 28.8 Å². The number of rotatable bonds is 42. The Hall–Kier alpha value is -7.55. The molecule has 2 aromatic carbocycles. The molecule has 2 bridgehead atoms. The zero-order valence-corrected chi connectivity index (χ0v) is 79.5. The Kier molecular flexibility index (Phi) is 46.4. The van der Waals surface area contributed by atoms with E-state index in [2.05, 4.69) is 4.98 Å². The Labute approximate surface area is 772 Å². The predicted octanol–water partition coefficient (Wildman–Crippen LogP) is 11.8. The molecule has 15 atom stereocenters. The van der Waals surface area contributed by atoms with Crippen molar-refractivity contribution in [3.05, 3.63) is 119 Å². The van der Waals surface area contributed by atoms with Crippen LogP contribution in [0.3, 0.4) is 0 Å². The standard InChI is InChI=1S/C97H141FN4O26S2/c1-64-19-13-12-14-20-65(2)83(114-9)60-77-28-24-70(7)97(111,128-77)93(107)95(109)102-35-16-15-22-79(102)96(110)127-84(61-80(104)66(3)56-69(6)91(106)92(116-11)90(105)68(5)55-64)67(4)57-72-25-30-82(85(58-72)115-10)126-88(129)23-17-37-117-40-42-119-44-46-121-48-50-123-52-53-124-51-49-122-47-45-120-43-41-118-38-34-76(103)21-18-54-130(112,113)86-32-29-78(71(8)89(86)98)94(108)101-36-39-125-81-31-26-73(59-75(81)63-101)74-27-33-87(99)100-62-74/h12-14,19-20,26-27,29,31-33,56,59,62,64,66-68,70,72,77,79,82-85,91-92,106,111H,15-18,21-25,28,30,34-55,57-58,60-61,63H2,1-11H3,(H2,99,100)/b14-12+,19-13+,65-20+,69-56+/t64-,66-,67-,68-,70-,72+,77+,79+,82-,83+,84+,85-,91-,92+,97-/m1/s1. The van der Waals surface area contributed by atoms with Crippen molar-refractivity contribution < 1.29 is 128 Å². The van der Waals surface area contributed by atoms with Crippen molar-refractivity contribution >= 4 is 73.8 Å². The van der Waals surface area contributed by atoms with E-state index < -0.39 is 116 Å². The van der Waals surface area contributed by atoms with Crippen LogP contribution in [0.1, 0.15) is 179 Å². The van der Waals surface area contributed by atoms with Gasteiger partial charge < -0.3 is 96.8 Å². The summed E-state index contributed by atoms with van der Waals surface area (Å²) in [7, 11) is 0.451. The molecule has 2 saturated heterocycles. The van der Waals surface area contributed by atoms with Crippen molar-refractivity contribution in [2.75, 3.05) is 158 Å². The Bertz CT molecular complexity index is 4360. The van der Waals surface area contributed by atoms with Crippen molar-refractivity contribution in [2.45, 2.75) is 231 Å². The number of fused-ring (bicyclic) bond motifs is 4. The number of ketones is 4. The van der Waals surface area contributed by atoms with Crippen molar-refractivity contribution in [1.29, 1.82) is 0 Å². The predicted molar refractivity (Wildman–Crippen MR) is 489 cm³/mol. The number of piperidine rings is 1. The molecule has 130 heavy (non-hydrogen) atoms. The largest absolute Gasteiger partial charge is 0.491 e. The van der Waals surface area contributed by atoms with Crippen LogP contribution in [-0.2, 0) is 111 Å². The van der Waals surface area contributed by atoms with E-state index in [1.54, 1.807) is 58.2 Å².